The monoisotopic (exact) mass is 322 g/mol. The van der Waals surface area contributed by atoms with Crippen molar-refractivity contribution in [2.75, 3.05) is 0 Å². The molecule has 0 amide bonds. The first kappa shape index (κ1) is 19.8. The molecule has 23 heavy (non-hydrogen) atoms. The van der Waals surface area contributed by atoms with E-state index in [1.807, 2.05) is 71.9 Å². The van der Waals surface area contributed by atoms with Crippen molar-refractivity contribution in [3.63, 3.8) is 0 Å². The van der Waals surface area contributed by atoms with Crippen molar-refractivity contribution in [1.29, 1.82) is 0 Å². The molecule has 1 rings (SSSR count). The molecule has 0 atom stereocenters. The standard InChI is InChI=1S/C19H30O4/c1-8-18(4,5)22-20-17(21-23-19(6,7)9-2)15(3)16-13-11-10-12-14-16/h10-14,17H,3,8-9H2,1-2,4-7H3. The van der Waals surface area contributed by atoms with Crippen LogP contribution in [0.4, 0.5) is 0 Å². The predicted octanol–water partition coefficient (Wildman–Crippen LogP) is 5.30. The molecular weight excluding hydrogens is 292 g/mol. The summed E-state index contributed by atoms with van der Waals surface area (Å²) in [5.74, 6) is 0. The minimum atomic E-state index is -0.839. The lowest BCUT2D eigenvalue weighted by molar-refractivity contribution is -0.484. The van der Waals surface area contributed by atoms with Gasteiger partial charge in [-0.2, -0.15) is 9.78 Å². The normalized spacial score (nSPS) is 12.7. The minimum Gasteiger partial charge on any atom is -0.227 e. The molecule has 0 fully saturated rings. The van der Waals surface area contributed by atoms with Crippen molar-refractivity contribution in [3.8, 4) is 0 Å². The Morgan fingerprint density at radius 3 is 1.74 bits per heavy atom. The molecule has 0 N–H and O–H groups in total. The van der Waals surface area contributed by atoms with Gasteiger partial charge in [-0.15, -0.1) is 0 Å². The molecule has 0 aromatic heterocycles. The Kier molecular flexibility index (Phi) is 7.42. The lowest BCUT2D eigenvalue weighted by Gasteiger charge is -2.29. The van der Waals surface area contributed by atoms with Crippen LogP contribution in [0.25, 0.3) is 5.57 Å². The first-order chi connectivity index (χ1) is 10.7. The van der Waals surface area contributed by atoms with Crippen molar-refractivity contribution >= 4 is 5.57 Å². The zero-order valence-electron chi connectivity index (χ0n) is 15.2. The van der Waals surface area contributed by atoms with Crippen molar-refractivity contribution in [1.82, 2.24) is 0 Å². The summed E-state index contributed by atoms with van der Waals surface area (Å²) >= 11 is 0. The van der Waals surface area contributed by atoms with Gasteiger partial charge in [0.25, 0.3) is 0 Å². The molecule has 0 radical (unpaired) electrons. The maximum Gasteiger partial charge on any atom is 0.249 e. The van der Waals surface area contributed by atoms with Crippen molar-refractivity contribution in [3.05, 3.63) is 42.5 Å². The van der Waals surface area contributed by atoms with Gasteiger partial charge < -0.3 is 0 Å². The van der Waals surface area contributed by atoms with Crippen LogP contribution >= 0.6 is 0 Å². The molecule has 0 aliphatic rings. The van der Waals surface area contributed by atoms with Crippen molar-refractivity contribution < 1.29 is 19.6 Å². The third-order valence-corrected chi connectivity index (χ3v) is 3.85. The third-order valence-electron chi connectivity index (χ3n) is 3.85. The summed E-state index contributed by atoms with van der Waals surface area (Å²) in [7, 11) is 0. The van der Waals surface area contributed by atoms with Crippen LogP contribution in [0.1, 0.15) is 59.9 Å². The SMILES string of the molecule is C=C(c1ccccc1)C(OOC(C)(C)CC)OOC(C)(C)CC. The highest BCUT2D eigenvalue weighted by Gasteiger charge is 2.27. The van der Waals surface area contributed by atoms with E-state index in [2.05, 4.69) is 6.58 Å². The van der Waals surface area contributed by atoms with E-state index in [-0.39, 0.29) is 0 Å². The molecular formula is C19H30O4. The molecule has 1 aromatic rings. The van der Waals surface area contributed by atoms with Gasteiger partial charge in [0.1, 0.15) is 0 Å². The van der Waals surface area contributed by atoms with Gasteiger partial charge in [0.2, 0.25) is 6.29 Å². The Hall–Kier alpha value is -1.20. The highest BCUT2D eigenvalue weighted by molar-refractivity contribution is 5.65. The van der Waals surface area contributed by atoms with E-state index in [4.69, 9.17) is 19.6 Å². The van der Waals surface area contributed by atoms with Crippen molar-refractivity contribution in [2.45, 2.75) is 71.9 Å². The molecule has 4 heteroatoms. The van der Waals surface area contributed by atoms with Crippen LogP contribution in [0.5, 0.6) is 0 Å². The van der Waals surface area contributed by atoms with E-state index in [9.17, 15) is 0 Å². The summed E-state index contributed by atoms with van der Waals surface area (Å²) in [6, 6.07) is 9.70. The van der Waals surface area contributed by atoms with E-state index in [0.29, 0.717) is 5.57 Å². The first-order valence-electron chi connectivity index (χ1n) is 8.14. The second-order valence-corrected chi connectivity index (χ2v) is 6.81. The third kappa shape index (κ3) is 6.83. The summed E-state index contributed by atoms with van der Waals surface area (Å²) in [5, 5.41) is 0. The van der Waals surface area contributed by atoms with Crippen LogP contribution in [0.2, 0.25) is 0 Å². The fourth-order valence-corrected chi connectivity index (χ4v) is 1.39. The average molecular weight is 322 g/mol. The topological polar surface area (TPSA) is 36.9 Å². The molecule has 0 heterocycles. The second-order valence-electron chi connectivity index (χ2n) is 6.81. The lowest BCUT2D eigenvalue weighted by Crippen LogP contribution is -2.32. The van der Waals surface area contributed by atoms with Gasteiger partial charge in [-0.3, -0.25) is 0 Å². The molecule has 0 spiro atoms. The maximum atomic E-state index is 5.52. The smallest absolute Gasteiger partial charge is 0.227 e. The zero-order valence-corrected chi connectivity index (χ0v) is 15.2. The number of benzene rings is 1. The summed E-state index contributed by atoms with van der Waals surface area (Å²) < 4.78 is 0. The quantitative estimate of drug-likeness (QED) is 0.333. The summed E-state index contributed by atoms with van der Waals surface area (Å²) in [5.41, 5.74) is 0.718. The molecule has 4 nitrogen and oxygen atoms in total. The van der Waals surface area contributed by atoms with E-state index >= 15 is 0 Å². The van der Waals surface area contributed by atoms with Crippen LogP contribution in [-0.4, -0.2) is 17.5 Å². The molecule has 130 valence electrons. The summed E-state index contributed by atoms with van der Waals surface area (Å²) in [6.07, 6.45) is 0.770. The van der Waals surface area contributed by atoms with Crippen LogP contribution in [0.3, 0.4) is 0 Å². The number of rotatable bonds is 10. The summed E-state index contributed by atoms with van der Waals surface area (Å²) in [6.45, 7) is 15.9. The first-order valence-corrected chi connectivity index (χ1v) is 8.14. The van der Waals surface area contributed by atoms with Gasteiger partial charge in [-0.25, -0.2) is 9.78 Å². The Bertz CT molecular complexity index is 459. The molecule has 0 saturated carbocycles. The second kappa shape index (κ2) is 8.60. The van der Waals surface area contributed by atoms with E-state index in [1.165, 1.54) is 0 Å². The van der Waals surface area contributed by atoms with Crippen LogP contribution in [-0.2, 0) is 19.6 Å². The van der Waals surface area contributed by atoms with Gasteiger partial charge in [0.15, 0.2) is 0 Å². The van der Waals surface area contributed by atoms with Crippen LogP contribution < -0.4 is 0 Å². The summed E-state index contributed by atoms with van der Waals surface area (Å²) in [4.78, 5) is 22.0. The highest BCUT2D eigenvalue weighted by atomic mass is 17.3. The predicted molar refractivity (Wildman–Crippen MR) is 92.3 cm³/mol. The van der Waals surface area contributed by atoms with Gasteiger partial charge >= 0.3 is 0 Å². The molecule has 1 aromatic carbocycles. The maximum absolute atomic E-state index is 5.52. The molecule has 0 saturated heterocycles. The number of hydrogen-bond acceptors (Lipinski definition) is 4. The Balaban J connectivity index is 2.81. The number of hydrogen-bond donors (Lipinski definition) is 0. The van der Waals surface area contributed by atoms with Crippen LogP contribution in [0, 0.1) is 0 Å². The minimum absolute atomic E-state index is 0.418. The lowest BCUT2D eigenvalue weighted by atomic mass is 10.1. The highest BCUT2D eigenvalue weighted by Crippen LogP contribution is 2.25. The zero-order chi connectivity index (χ0) is 17.5. The molecule has 0 bridgehead atoms. The Morgan fingerprint density at radius 2 is 1.35 bits per heavy atom. The molecule has 0 aliphatic carbocycles. The van der Waals surface area contributed by atoms with Crippen molar-refractivity contribution in [2.24, 2.45) is 0 Å². The largest absolute Gasteiger partial charge is 0.249 e. The molecule has 0 unspecified atom stereocenters. The van der Waals surface area contributed by atoms with Gasteiger partial charge in [-0.1, -0.05) is 50.8 Å². The fourth-order valence-electron chi connectivity index (χ4n) is 1.39. The van der Waals surface area contributed by atoms with Gasteiger partial charge in [0.05, 0.1) is 11.2 Å². The molecule has 0 aliphatic heterocycles. The average Bonchev–Trinajstić information content (AvgIpc) is 2.55. The van der Waals surface area contributed by atoms with Gasteiger partial charge in [-0.05, 0) is 46.1 Å². The van der Waals surface area contributed by atoms with E-state index in [0.717, 1.165) is 18.4 Å². The Morgan fingerprint density at radius 1 is 0.913 bits per heavy atom. The van der Waals surface area contributed by atoms with Gasteiger partial charge in [0, 0.05) is 5.57 Å². The fraction of sp³-hybridized carbons (Fsp3) is 0.579. The van der Waals surface area contributed by atoms with E-state index < -0.39 is 17.5 Å². The van der Waals surface area contributed by atoms with E-state index in [1.54, 1.807) is 0 Å². The van der Waals surface area contributed by atoms with Crippen LogP contribution in [0.15, 0.2) is 36.9 Å². The Labute approximate surface area is 140 Å².